The molecule has 0 saturated heterocycles. The largest absolute Gasteiger partial charge is 0.381 e. The third kappa shape index (κ3) is 2.20. The minimum absolute atomic E-state index is 0.0705. The third-order valence-electron chi connectivity index (χ3n) is 3.79. The molecule has 3 rings (SSSR count). The van der Waals surface area contributed by atoms with Gasteiger partial charge in [0.2, 0.25) is 0 Å². The lowest BCUT2D eigenvalue weighted by Crippen LogP contribution is -2.25. The average molecular weight is 284 g/mol. The molecular weight excluding hydrogens is 270 g/mol. The second kappa shape index (κ2) is 4.93. The van der Waals surface area contributed by atoms with Gasteiger partial charge >= 0.3 is 0 Å². The molecule has 1 N–H and O–H groups in total. The molecule has 0 aliphatic rings. The van der Waals surface area contributed by atoms with E-state index in [1.165, 1.54) is 19.1 Å². The van der Waals surface area contributed by atoms with E-state index in [9.17, 15) is 13.9 Å². The van der Waals surface area contributed by atoms with E-state index in [0.717, 1.165) is 16.8 Å². The predicted octanol–water partition coefficient (Wildman–Crippen LogP) is 4.37. The van der Waals surface area contributed by atoms with Gasteiger partial charge in [-0.2, -0.15) is 0 Å². The van der Waals surface area contributed by atoms with E-state index in [0.29, 0.717) is 5.56 Å². The van der Waals surface area contributed by atoms with E-state index in [2.05, 4.69) is 0 Å². The van der Waals surface area contributed by atoms with Crippen LogP contribution in [0.25, 0.3) is 10.8 Å². The summed E-state index contributed by atoms with van der Waals surface area (Å²) in [6.45, 7) is 1.48. The Bertz CT molecular complexity index is 804. The van der Waals surface area contributed by atoms with Gasteiger partial charge in [0, 0.05) is 5.56 Å². The van der Waals surface area contributed by atoms with Crippen molar-refractivity contribution in [2.45, 2.75) is 12.5 Å². The Morgan fingerprint density at radius 1 is 0.810 bits per heavy atom. The van der Waals surface area contributed by atoms with E-state index in [1.54, 1.807) is 12.1 Å². The molecule has 0 aromatic heterocycles. The van der Waals surface area contributed by atoms with Crippen LogP contribution in [-0.4, -0.2) is 5.11 Å². The number of hydrogen-bond donors (Lipinski definition) is 1. The molecule has 1 atom stereocenters. The lowest BCUT2D eigenvalue weighted by molar-refractivity contribution is 0.0986. The van der Waals surface area contributed by atoms with Gasteiger partial charge in [0.25, 0.3) is 0 Å². The Kier molecular flexibility index (Phi) is 3.22. The zero-order valence-electron chi connectivity index (χ0n) is 11.5. The van der Waals surface area contributed by atoms with Crippen LogP contribution in [0.1, 0.15) is 18.1 Å². The SMILES string of the molecule is CC(O)(c1cccc(F)c1F)c1cccc2ccccc12. The molecule has 106 valence electrons. The van der Waals surface area contributed by atoms with Crippen molar-refractivity contribution in [2.24, 2.45) is 0 Å². The minimum Gasteiger partial charge on any atom is -0.381 e. The van der Waals surface area contributed by atoms with E-state index in [4.69, 9.17) is 0 Å². The van der Waals surface area contributed by atoms with Gasteiger partial charge in [0.15, 0.2) is 11.6 Å². The Morgan fingerprint density at radius 3 is 2.24 bits per heavy atom. The molecular formula is C18H14F2O. The minimum atomic E-state index is -1.62. The molecule has 0 bridgehead atoms. The van der Waals surface area contributed by atoms with Gasteiger partial charge in [-0.05, 0) is 29.3 Å². The first-order valence-corrected chi connectivity index (χ1v) is 6.67. The van der Waals surface area contributed by atoms with E-state index >= 15 is 0 Å². The molecule has 0 spiro atoms. The molecule has 1 nitrogen and oxygen atoms in total. The van der Waals surface area contributed by atoms with Crippen LogP contribution in [0.15, 0.2) is 60.7 Å². The maximum atomic E-state index is 14.0. The normalized spacial score (nSPS) is 14.1. The van der Waals surface area contributed by atoms with Crippen LogP contribution in [0.3, 0.4) is 0 Å². The zero-order valence-corrected chi connectivity index (χ0v) is 11.5. The van der Waals surface area contributed by atoms with Crippen molar-refractivity contribution in [3.8, 4) is 0 Å². The van der Waals surface area contributed by atoms with Gasteiger partial charge in [-0.1, -0.05) is 54.6 Å². The zero-order chi connectivity index (χ0) is 15.0. The summed E-state index contributed by atoms with van der Waals surface area (Å²) < 4.78 is 27.5. The lowest BCUT2D eigenvalue weighted by atomic mass is 9.85. The van der Waals surface area contributed by atoms with Crippen molar-refractivity contribution in [2.75, 3.05) is 0 Å². The molecule has 0 fully saturated rings. The van der Waals surface area contributed by atoms with Crippen LogP contribution in [0.5, 0.6) is 0 Å². The first-order valence-electron chi connectivity index (χ1n) is 6.67. The van der Waals surface area contributed by atoms with Crippen LogP contribution >= 0.6 is 0 Å². The van der Waals surface area contributed by atoms with Crippen LogP contribution in [0, 0.1) is 11.6 Å². The van der Waals surface area contributed by atoms with E-state index in [1.807, 2.05) is 30.3 Å². The van der Waals surface area contributed by atoms with Crippen molar-refractivity contribution in [1.29, 1.82) is 0 Å². The summed E-state index contributed by atoms with van der Waals surface area (Å²) in [7, 11) is 0. The summed E-state index contributed by atoms with van der Waals surface area (Å²) in [5.74, 6) is -1.98. The highest BCUT2D eigenvalue weighted by Crippen LogP contribution is 2.35. The number of hydrogen-bond acceptors (Lipinski definition) is 1. The predicted molar refractivity (Wildman–Crippen MR) is 79.0 cm³/mol. The molecule has 1 unspecified atom stereocenters. The second-order valence-corrected chi connectivity index (χ2v) is 5.20. The third-order valence-corrected chi connectivity index (χ3v) is 3.79. The van der Waals surface area contributed by atoms with E-state index in [-0.39, 0.29) is 5.56 Å². The molecule has 3 heteroatoms. The molecule has 3 aromatic rings. The van der Waals surface area contributed by atoms with Crippen LogP contribution in [0.2, 0.25) is 0 Å². The Morgan fingerprint density at radius 2 is 1.43 bits per heavy atom. The monoisotopic (exact) mass is 284 g/mol. The summed E-state index contributed by atoms with van der Waals surface area (Å²) >= 11 is 0. The molecule has 0 heterocycles. The standard InChI is InChI=1S/C18H14F2O/c1-18(21,15-10-5-11-16(19)17(15)20)14-9-4-7-12-6-2-3-8-13(12)14/h2-11,21H,1H3. The van der Waals surface area contributed by atoms with Crippen molar-refractivity contribution in [1.82, 2.24) is 0 Å². The quantitative estimate of drug-likeness (QED) is 0.740. The maximum Gasteiger partial charge on any atom is 0.165 e. The van der Waals surface area contributed by atoms with Gasteiger partial charge in [-0.3, -0.25) is 0 Å². The van der Waals surface area contributed by atoms with Gasteiger partial charge in [0.1, 0.15) is 5.60 Å². The number of aliphatic hydroxyl groups is 1. The molecule has 0 radical (unpaired) electrons. The molecule has 0 aliphatic heterocycles. The summed E-state index contributed by atoms with van der Waals surface area (Å²) in [6, 6.07) is 16.8. The molecule has 21 heavy (non-hydrogen) atoms. The van der Waals surface area contributed by atoms with Crippen molar-refractivity contribution >= 4 is 10.8 Å². The first-order chi connectivity index (χ1) is 10.0. The van der Waals surface area contributed by atoms with Crippen LogP contribution < -0.4 is 0 Å². The summed E-state index contributed by atoms with van der Waals surface area (Å²) in [4.78, 5) is 0. The van der Waals surface area contributed by atoms with Gasteiger partial charge < -0.3 is 5.11 Å². The summed E-state index contributed by atoms with van der Waals surface area (Å²) in [6.07, 6.45) is 0. The topological polar surface area (TPSA) is 20.2 Å². The summed E-state index contributed by atoms with van der Waals surface area (Å²) in [5, 5.41) is 12.6. The van der Waals surface area contributed by atoms with E-state index < -0.39 is 17.2 Å². The van der Waals surface area contributed by atoms with Crippen LogP contribution in [0.4, 0.5) is 8.78 Å². The molecule has 0 aliphatic carbocycles. The van der Waals surface area contributed by atoms with Crippen molar-refractivity contribution in [3.63, 3.8) is 0 Å². The van der Waals surface area contributed by atoms with Crippen molar-refractivity contribution in [3.05, 3.63) is 83.4 Å². The average Bonchev–Trinajstić information content (AvgIpc) is 2.49. The second-order valence-electron chi connectivity index (χ2n) is 5.20. The first kappa shape index (κ1) is 13.7. The fourth-order valence-corrected chi connectivity index (χ4v) is 2.67. The molecule has 0 amide bonds. The fraction of sp³-hybridized carbons (Fsp3) is 0.111. The highest BCUT2D eigenvalue weighted by atomic mass is 19.2. The van der Waals surface area contributed by atoms with Crippen LogP contribution in [-0.2, 0) is 5.60 Å². The summed E-state index contributed by atoms with van der Waals surface area (Å²) in [5.41, 5.74) is -1.14. The van der Waals surface area contributed by atoms with Crippen molar-refractivity contribution < 1.29 is 13.9 Å². The molecule has 0 saturated carbocycles. The lowest BCUT2D eigenvalue weighted by Gasteiger charge is -2.26. The fourth-order valence-electron chi connectivity index (χ4n) is 2.67. The Balaban J connectivity index is 2.27. The highest BCUT2D eigenvalue weighted by Gasteiger charge is 2.31. The number of halogens is 2. The Hall–Kier alpha value is -2.26. The Labute approximate surface area is 121 Å². The number of rotatable bonds is 2. The van der Waals surface area contributed by atoms with Gasteiger partial charge in [-0.15, -0.1) is 0 Å². The number of benzene rings is 3. The maximum absolute atomic E-state index is 14.0. The smallest absolute Gasteiger partial charge is 0.165 e. The van der Waals surface area contributed by atoms with Gasteiger partial charge in [0.05, 0.1) is 0 Å². The highest BCUT2D eigenvalue weighted by molar-refractivity contribution is 5.86. The number of fused-ring (bicyclic) bond motifs is 1. The molecule has 3 aromatic carbocycles. The van der Waals surface area contributed by atoms with Gasteiger partial charge in [-0.25, -0.2) is 8.78 Å².